The molecule has 0 saturated carbocycles. The molecule has 0 saturated heterocycles. The number of benzene rings is 2. The van der Waals surface area contributed by atoms with Gasteiger partial charge in [-0.3, -0.25) is 4.79 Å². The molecule has 0 spiro atoms. The van der Waals surface area contributed by atoms with Gasteiger partial charge >= 0.3 is 0 Å². The number of hydrogen-bond donors (Lipinski definition) is 2. The first kappa shape index (κ1) is 19.4. The van der Waals surface area contributed by atoms with E-state index in [0.717, 1.165) is 6.42 Å². The van der Waals surface area contributed by atoms with Crippen LogP contribution in [0.15, 0.2) is 53.4 Å². The Labute approximate surface area is 153 Å². The van der Waals surface area contributed by atoms with Crippen molar-refractivity contribution in [2.24, 2.45) is 0 Å². The van der Waals surface area contributed by atoms with E-state index in [2.05, 4.69) is 10.0 Å². The van der Waals surface area contributed by atoms with Gasteiger partial charge in [0.2, 0.25) is 10.0 Å². The van der Waals surface area contributed by atoms with Gasteiger partial charge in [-0.2, -0.15) is 0 Å². The van der Waals surface area contributed by atoms with Gasteiger partial charge in [0.15, 0.2) is 0 Å². The molecule has 0 aliphatic heterocycles. The molecule has 25 heavy (non-hydrogen) atoms. The first-order valence-corrected chi connectivity index (χ1v) is 9.83. The Kier molecular flexibility index (Phi) is 6.58. The molecular formula is C18H21ClN2O3S. The van der Waals surface area contributed by atoms with Crippen LogP contribution in [0, 0.1) is 0 Å². The molecule has 7 heteroatoms. The molecule has 0 radical (unpaired) electrons. The Morgan fingerprint density at radius 1 is 1.16 bits per heavy atom. The summed E-state index contributed by atoms with van der Waals surface area (Å²) >= 11 is 6.04. The normalized spacial score (nSPS) is 12.6. The number of carbonyl (C=O) groups excluding carboxylic acids is 1. The molecule has 1 atom stereocenters. The van der Waals surface area contributed by atoms with Crippen LogP contribution in [0.3, 0.4) is 0 Å². The standard InChI is InChI=1S/C18H21ClN2O3S/c1-3-13(2)21-18(22)14-8-6-9-16(11-14)25(23,24)20-12-15-7-4-5-10-17(15)19/h4-11,13,20H,3,12H2,1-2H3,(H,21,22). The summed E-state index contributed by atoms with van der Waals surface area (Å²) in [5.41, 5.74) is 0.985. The van der Waals surface area contributed by atoms with Gasteiger partial charge in [-0.05, 0) is 43.2 Å². The maximum Gasteiger partial charge on any atom is 0.251 e. The Morgan fingerprint density at radius 3 is 2.56 bits per heavy atom. The lowest BCUT2D eigenvalue weighted by molar-refractivity contribution is 0.0939. The molecule has 0 heterocycles. The van der Waals surface area contributed by atoms with Crippen molar-refractivity contribution in [2.45, 2.75) is 37.8 Å². The van der Waals surface area contributed by atoms with Gasteiger partial charge in [0.1, 0.15) is 0 Å². The summed E-state index contributed by atoms with van der Waals surface area (Å²) in [6.07, 6.45) is 0.795. The van der Waals surface area contributed by atoms with Gasteiger partial charge < -0.3 is 5.32 Å². The third-order valence-electron chi connectivity index (χ3n) is 3.81. The summed E-state index contributed by atoms with van der Waals surface area (Å²) in [5.74, 6) is -0.294. The highest BCUT2D eigenvalue weighted by Gasteiger charge is 2.17. The predicted molar refractivity (Wildman–Crippen MR) is 99.1 cm³/mol. The summed E-state index contributed by atoms with van der Waals surface area (Å²) in [5, 5.41) is 3.31. The van der Waals surface area contributed by atoms with Crippen LogP contribution in [0.5, 0.6) is 0 Å². The topological polar surface area (TPSA) is 75.3 Å². The van der Waals surface area contributed by atoms with Crippen LogP contribution in [0.2, 0.25) is 5.02 Å². The maximum atomic E-state index is 12.5. The molecule has 0 fully saturated rings. The first-order chi connectivity index (χ1) is 11.8. The van der Waals surface area contributed by atoms with Gasteiger partial charge in [-0.1, -0.05) is 42.8 Å². The quantitative estimate of drug-likeness (QED) is 0.773. The smallest absolute Gasteiger partial charge is 0.251 e. The van der Waals surface area contributed by atoms with Crippen molar-refractivity contribution in [2.75, 3.05) is 0 Å². The van der Waals surface area contributed by atoms with E-state index in [4.69, 9.17) is 11.6 Å². The van der Waals surface area contributed by atoms with Crippen molar-refractivity contribution in [1.82, 2.24) is 10.0 Å². The molecule has 2 N–H and O–H groups in total. The minimum Gasteiger partial charge on any atom is -0.350 e. The van der Waals surface area contributed by atoms with Crippen molar-refractivity contribution in [3.8, 4) is 0 Å². The van der Waals surface area contributed by atoms with Crippen LogP contribution in [0.25, 0.3) is 0 Å². The number of halogens is 1. The third kappa shape index (κ3) is 5.29. The van der Waals surface area contributed by atoms with Crippen molar-refractivity contribution in [3.63, 3.8) is 0 Å². The highest BCUT2D eigenvalue weighted by atomic mass is 35.5. The summed E-state index contributed by atoms with van der Waals surface area (Å²) in [6, 6.07) is 13.0. The van der Waals surface area contributed by atoms with E-state index in [0.29, 0.717) is 16.1 Å². The number of rotatable bonds is 7. The zero-order valence-electron chi connectivity index (χ0n) is 14.1. The lowest BCUT2D eigenvalue weighted by atomic mass is 10.2. The van der Waals surface area contributed by atoms with Crippen LogP contribution < -0.4 is 10.0 Å². The number of hydrogen-bond acceptors (Lipinski definition) is 3. The lowest BCUT2D eigenvalue weighted by Crippen LogP contribution is -2.32. The first-order valence-electron chi connectivity index (χ1n) is 7.97. The SMILES string of the molecule is CCC(C)NC(=O)c1cccc(S(=O)(=O)NCc2ccccc2Cl)c1. The third-order valence-corrected chi connectivity index (χ3v) is 5.57. The Morgan fingerprint density at radius 2 is 1.88 bits per heavy atom. The molecule has 1 amide bonds. The molecule has 2 aromatic rings. The van der Waals surface area contributed by atoms with Crippen LogP contribution >= 0.6 is 11.6 Å². The van der Waals surface area contributed by atoms with E-state index >= 15 is 0 Å². The largest absolute Gasteiger partial charge is 0.350 e. The second-order valence-corrected chi connectivity index (χ2v) is 7.90. The highest BCUT2D eigenvalue weighted by molar-refractivity contribution is 7.89. The molecule has 0 aromatic heterocycles. The average molecular weight is 381 g/mol. The van der Waals surface area contributed by atoms with E-state index in [1.54, 1.807) is 36.4 Å². The Balaban J connectivity index is 2.15. The van der Waals surface area contributed by atoms with Crippen molar-refractivity contribution in [3.05, 3.63) is 64.7 Å². The number of carbonyl (C=O) groups is 1. The van der Waals surface area contributed by atoms with E-state index in [-0.39, 0.29) is 23.4 Å². The number of nitrogens with one attached hydrogen (secondary N) is 2. The van der Waals surface area contributed by atoms with E-state index < -0.39 is 10.0 Å². The van der Waals surface area contributed by atoms with E-state index in [9.17, 15) is 13.2 Å². The highest BCUT2D eigenvalue weighted by Crippen LogP contribution is 2.17. The molecule has 134 valence electrons. The summed E-state index contributed by atoms with van der Waals surface area (Å²) < 4.78 is 27.5. The van der Waals surface area contributed by atoms with E-state index in [1.807, 2.05) is 13.8 Å². The average Bonchev–Trinajstić information content (AvgIpc) is 2.61. The zero-order chi connectivity index (χ0) is 18.4. The molecule has 0 aliphatic carbocycles. The Bertz CT molecular complexity index is 853. The lowest BCUT2D eigenvalue weighted by Gasteiger charge is -2.12. The molecule has 5 nitrogen and oxygen atoms in total. The molecule has 0 aliphatic rings. The minimum absolute atomic E-state index is 0.0195. The molecule has 2 rings (SSSR count). The van der Waals surface area contributed by atoms with Crippen molar-refractivity contribution < 1.29 is 13.2 Å². The fourth-order valence-electron chi connectivity index (χ4n) is 2.11. The Hall–Kier alpha value is -1.89. The zero-order valence-corrected chi connectivity index (χ0v) is 15.7. The molecule has 0 bridgehead atoms. The van der Waals surface area contributed by atoms with Crippen LogP contribution in [-0.2, 0) is 16.6 Å². The molecular weight excluding hydrogens is 360 g/mol. The minimum atomic E-state index is -3.75. The monoisotopic (exact) mass is 380 g/mol. The summed E-state index contributed by atoms with van der Waals surface area (Å²) in [4.78, 5) is 12.2. The van der Waals surface area contributed by atoms with Crippen molar-refractivity contribution in [1.29, 1.82) is 0 Å². The van der Waals surface area contributed by atoms with Gasteiger partial charge in [-0.25, -0.2) is 13.1 Å². The summed E-state index contributed by atoms with van der Waals surface area (Å²) in [7, 11) is -3.75. The van der Waals surface area contributed by atoms with E-state index in [1.165, 1.54) is 12.1 Å². The second kappa shape index (κ2) is 8.47. The summed E-state index contributed by atoms with van der Waals surface area (Å²) in [6.45, 7) is 3.93. The van der Waals surface area contributed by atoms with Crippen molar-refractivity contribution >= 4 is 27.5 Å². The van der Waals surface area contributed by atoms with Crippen LogP contribution in [-0.4, -0.2) is 20.4 Å². The molecule has 2 aromatic carbocycles. The van der Waals surface area contributed by atoms with Gasteiger partial charge in [0, 0.05) is 23.2 Å². The number of sulfonamides is 1. The second-order valence-electron chi connectivity index (χ2n) is 5.73. The van der Waals surface area contributed by atoms with Gasteiger partial charge in [0.25, 0.3) is 5.91 Å². The van der Waals surface area contributed by atoms with Crippen LogP contribution in [0.1, 0.15) is 36.2 Å². The van der Waals surface area contributed by atoms with Crippen LogP contribution in [0.4, 0.5) is 0 Å². The fourth-order valence-corrected chi connectivity index (χ4v) is 3.37. The van der Waals surface area contributed by atoms with Gasteiger partial charge in [0.05, 0.1) is 4.90 Å². The fraction of sp³-hybridized carbons (Fsp3) is 0.278. The van der Waals surface area contributed by atoms with Gasteiger partial charge in [-0.15, -0.1) is 0 Å². The number of amides is 1. The maximum absolute atomic E-state index is 12.5. The molecule has 1 unspecified atom stereocenters. The predicted octanol–water partition coefficient (Wildman–Crippen LogP) is 3.35.